The molecule has 27 heavy (non-hydrogen) atoms. The molecule has 0 saturated carbocycles. The van der Waals surface area contributed by atoms with Gasteiger partial charge >= 0.3 is 0 Å². The van der Waals surface area contributed by atoms with Gasteiger partial charge in [0.15, 0.2) is 11.5 Å². The summed E-state index contributed by atoms with van der Waals surface area (Å²) < 4.78 is 16.7. The van der Waals surface area contributed by atoms with Crippen LogP contribution in [0.5, 0.6) is 17.2 Å². The van der Waals surface area contributed by atoms with E-state index in [0.717, 1.165) is 14.9 Å². The van der Waals surface area contributed by atoms with Gasteiger partial charge in [-0.2, -0.15) is 0 Å². The molecular weight excluding hydrogens is 459 g/mol. The molecule has 6 nitrogen and oxygen atoms in total. The number of methoxy groups -OCH3 is 3. The van der Waals surface area contributed by atoms with Gasteiger partial charge in [0, 0.05) is 10.1 Å². The van der Waals surface area contributed by atoms with Crippen LogP contribution in [0.25, 0.3) is 0 Å². The normalized spacial score (nSPS) is 11.8. The molecule has 2 aromatic rings. The zero-order chi connectivity index (χ0) is 20.0. The number of benzene rings is 2. The molecular formula is C20H25IN2O4. The number of ether oxygens (including phenoxy) is 3. The van der Waals surface area contributed by atoms with Crippen LogP contribution in [0.15, 0.2) is 36.4 Å². The van der Waals surface area contributed by atoms with E-state index in [4.69, 9.17) is 14.2 Å². The third kappa shape index (κ3) is 5.26. The monoisotopic (exact) mass is 484 g/mol. The molecule has 0 radical (unpaired) electrons. The minimum Gasteiger partial charge on any atom is -0.497 e. The van der Waals surface area contributed by atoms with E-state index in [2.05, 4.69) is 32.8 Å². The zero-order valence-electron chi connectivity index (χ0n) is 16.2. The lowest BCUT2D eigenvalue weighted by Crippen LogP contribution is -2.34. The minimum absolute atomic E-state index is 0.0156. The molecule has 7 heteroatoms. The summed E-state index contributed by atoms with van der Waals surface area (Å²) in [6.07, 6.45) is 0. The SMILES string of the molecule is COc1cccc(C(CNC(=O)c2cc(OC)c(OC)cc2I)N(C)C)c1. The van der Waals surface area contributed by atoms with Crippen LogP contribution in [0.2, 0.25) is 0 Å². The molecule has 0 heterocycles. The first-order valence-corrected chi connectivity index (χ1v) is 9.49. The van der Waals surface area contributed by atoms with Crippen molar-refractivity contribution in [3.05, 3.63) is 51.1 Å². The van der Waals surface area contributed by atoms with Gasteiger partial charge in [0.25, 0.3) is 5.91 Å². The van der Waals surface area contributed by atoms with Gasteiger partial charge < -0.3 is 24.4 Å². The van der Waals surface area contributed by atoms with Gasteiger partial charge in [0.2, 0.25) is 0 Å². The maximum absolute atomic E-state index is 12.8. The van der Waals surface area contributed by atoms with Crippen LogP contribution < -0.4 is 19.5 Å². The van der Waals surface area contributed by atoms with Crippen molar-refractivity contribution in [3.8, 4) is 17.2 Å². The molecule has 1 amide bonds. The molecule has 0 aliphatic carbocycles. The predicted octanol–water partition coefficient (Wildman–Crippen LogP) is 3.35. The number of amides is 1. The number of rotatable bonds is 8. The van der Waals surface area contributed by atoms with Crippen molar-refractivity contribution < 1.29 is 19.0 Å². The Balaban J connectivity index is 2.19. The van der Waals surface area contributed by atoms with E-state index < -0.39 is 0 Å². The molecule has 0 aliphatic heterocycles. The number of hydrogen-bond acceptors (Lipinski definition) is 5. The first kappa shape index (κ1) is 21.3. The molecule has 1 unspecified atom stereocenters. The van der Waals surface area contributed by atoms with Gasteiger partial charge in [0.05, 0.1) is 32.9 Å². The summed E-state index contributed by atoms with van der Waals surface area (Å²) in [4.78, 5) is 14.8. The van der Waals surface area contributed by atoms with Crippen molar-refractivity contribution in [2.24, 2.45) is 0 Å². The third-order valence-corrected chi connectivity index (χ3v) is 5.17. The topological polar surface area (TPSA) is 60.0 Å². The highest BCUT2D eigenvalue weighted by Crippen LogP contribution is 2.31. The Morgan fingerprint density at radius 2 is 1.74 bits per heavy atom. The van der Waals surface area contributed by atoms with Crippen molar-refractivity contribution in [1.29, 1.82) is 0 Å². The maximum atomic E-state index is 12.8. The van der Waals surface area contributed by atoms with Crippen LogP contribution in [0, 0.1) is 3.57 Å². The Morgan fingerprint density at radius 3 is 2.33 bits per heavy atom. The number of carbonyl (C=O) groups excluding carboxylic acids is 1. The van der Waals surface area contributed by atoms with E-state index in [-0.39, 0.29) is 11.9 Å². The van der Waals surface area contributed by atoms with Gasteiger partial charge in [-0.3, -0.25) is 4.79 Å². The molecule has 146 valence electrons. The number of halogens is 1. The first-order valence-electron chi connectivity index (χ1n) is 8.41. The molecule has 0 fully saturated rings. The zero-order valence-corrected chi connectivity index (χ0v) is 18.4. The third-order valence-electron chi connectivity index (χ3n) is 4.28. The summed E-state index contributed by atoms with van der Waals surface area (Å²) in [5, 5.41) is 3.02. The quantitative estimate of drug-likeness (QED) is 0.583. The Hall–Kier alpha value is -2.00. The van der Waals surface area contributed by atoms with Crippen molar-refractivity contribution >= 4 is 28.5 Å². The van der Waals surface area contributed by atoms with Crippen LogP contribution in [-0.2, 0) is 0 Å². The van der Waals surface area contributed by atoms with E-state index in [1.165, 1.54) is 0 Å². The lowest BCUT2D eigenvalue weighted by atomic mass is 10.1. The van der Waals surface area contributed by atoms with Gasteiger partial charge in [-0.05, 0) is 66.5 Å². The van der Waals surface area contributed by atoms with Crippen molar-refractivity contribution in [2.75, 3.05) is 42.0 Å². The fraction of sp³-hybridized carbons (Fsp3) is 0.350. The molecule has 0 aromatic heterocycles. The molecule has 2 rings (SSSR count). The Bertz CT molecular complexity index is 796. The van der Waals surface area contributed by atoms with E-state index in [1.54, 1.807) is 33.5 Å². The van der Waals surface area contributed by atoms with Gasteiger partial charge in [0.1, 0.15) is 5.75 Å². The largest absolute Gasteiger partial charge is 0.497 e. The average Bonchev–Trinajstić information content (AvgIpc) is 2.67. The smallest absolute Gasteiger partial charge is 0.252 e. The average molecular weight is 484 g/mol. The number of hydrogen-bond donors (Lipinski definition) is 1. The van der Waals surface area contributed by atoms with E-state index >= 15 is 0 Å². The molecule has 1 atom stereocenters. The van der Waals surface area contributed by atoms with E-state index in [9.17, 15) is 4.79 Å². The molecule has 0 spiro atoms. The lowest BCUT2D eigenvalue weighted by molar-refractivity contribution is 0.0940. The number of nitrogens with one attached hydrogen (secondary N) is 1. The molecule has 2 aromatic carbocycles. The van der Waals surface area contributed by atoms with Crippen molar-refractivity contribution in [1.82, 2.24) is 10.2 Å². The highest BCUT2D eigenvalue weighted by atomic mass is 127. The van der Waals surface area contributed by atoms with Gasteiger partial charge in [-0.15, -0.1) is 0 Å². The maximum Gasteiger partial charge on any atom is 0.252 e. The van der Waals surface area contributed by atoms with Gasteiger partial charge in [-0.1, -0.05) is 12.1 Å². The fourth-order valence-corrected chi connectivity index (χ4v) is 3.44. The summed E-state index contributed by atoms with van der Waals surface area (Å²) in [5.41, 5.74) is 1.62. The second-order valence-electron chi connectivity index (χ2n) is 6.15. The van der Waals surface area contributed by atoms with Crippen LogP contribution in [0.3, 0.4) is 0 Å². The molecule has 1 N–H and O–H groups in total. The summed E-state index contributed by atoms with van der Waals surface area (Å²) in [5.74, 6) is 1.76. The van der Waals surface area contributed by atoms with Crippen LogP contribution in [-0.4, -0.2) is 52.8 Å². The Morgan fingerprint density at radius 1 is 1.07 bits per heavy atom. The van der Waals surface area contributed by atoms with E-state index in [0.29, 0.717) is 23.6 Å². The van der Waals surface area contributed by atoms with Crippen LogP contribution in [0.1, 0.15) is 22.0 Å². The first-order chi connectivity index (χ1) is 12.9. The molecule has 0 bridgehead atoms. The van der Waals surface area contributed by atoms with Crippen LogP contribution >= 0.6 is 22.6 Å². The predicted molar refractivity (Wildman–Crippen MR) is 114 cm³/mol. The Kier molecular flexibility index (Phi) is 7.73. The summed E-state index contributed by atoms with van der Waals surface area (Å²) in [6.45, 7) is 0.462. The van der Waals surface area contributed by atoms with Gasteiger partial charge in [-0.25, -0.2) is 0 Å². The van der Waals surface area contributed by atoms with Crippen molar-refractivity contribution in [2.45, 2.75) is 6.04 Å². The lowest BCUT2D eigenvalue weighted by Gasteiger charge is -2.25. The number of nitrogens with zero attached hydrogens (tertiary/aromatic N) is 1. The molecule has 0 aliphatic rings. The number of likely N-dealkylation sites (N-methyl/N-ethyl adjacent to an activating group) is 1. The second-order valence-corrected chi connectivity index (χ2v) is 7.32. The summed E-state index contributed by atoms with van der Waals surface area (Å²) >= 11 is 2.13. The fourth-order valence-electron chi connectivity index (χ4n) is 2.76. The highest BCUT2D eigenvalue weighted by Gasteiger charge is 2.19. The number of carbonyl (C=O) groups is 1. The van der Waals surface area contributed by atoms with Crippen LogP contribution in [0.4, 0.5) is 0 Å². The summed E-state index contributed by atoms with van der Waals surface area (Å²) in [7, 11) is 8.73. The summed E-state index contributed by atoms with van der Waals surface area (Å²) in [6, 6.07) is 11.4. The standard InChI is InChI=1S/C20H25IN2O4/c1-23(2)17(13-7-6-8-14(9-13)25-3)12-22-20(24)15-10-18(26-4)19(27-5)11-16(15)21/h6-11,17H,12H2,1-5H3,(H,22,24). The highest BCUT2D eigenvalue weighted by molar-refractivity contribution is 14.1. The molecule has 0 saturated heterocycles. The van der Waals surface area contributed by atoms with E-state index in [1.807, 2.05) is 38.4 Å². The minimum atomic E-state index is -0.157. The second kappa shape index (κ2) is 9.80. The van der Waals surface area contributed by atoms with Crippen molar-refractivity contribution in [3.63, 3.8) is 0 Å². The Labute approximate surface area is 173 Å².